The van der Waals surface area contributed by atoms with Crippen LogP contribution in [-0.2, 0) is 22.3 Å². The second kappa shape index (κ2) is 7.21. The molecule has 5 nitrogen and oxygen atoms in total. The first-order chi connectivity index (χ1) is 11.2. The van der Waals surface area contributed by atoms with Crippen LogP contribution >= 0.6 is 0 Å². The number of nitrogens with zero attached hydrogens (tertiary/aromatic N) is 2. The van der Waals surface area contributed by atoms with E-state index in [2.05, 4.69) is 0 Å². The van der Waals surface area contributed by atoms with Gasteiger partial charge in [-0.25, -0.2) is 0 Å². The van der Waals surface area contributed by atoms with Crippen molar-refractivity contribution >= 4 is 11.8 Å². The molecule has 1 saturated heterocycles. The van der Waals surface area contributed by atoms with Gasteiger partial charge in [0.1, 0.15) is 0 Å². The topological polar surface area (TPSA) is 60.9 Å². The Labute approximate surface area is 137 Å². The maximum Gasteiger partial charge on any atom is 0.416 e. The van der Waals surface area contributed by atoms with Gasteiger partial charge in [-0.2, -0.15) is 13.2 Å². The van der Waals surface area contributed by atoms with Crippen molar-refractivity contribution in [3.8, 4) is 0 Å². The molecule has 0 saturated carbocycles. The van der Waals surface area contributed by atoms with Gasteiger partial charge in [-0.1, -0.05) is 12.1 Å². The predicted octanol–water partition coefficient (Wildman–Crippen LogP) is 1.50. The first kappa shape index (κ1) is 18.3. The summed E-state index contributed by atoms with van der Waals surface area (Å²) in [6.45, 7) is 0.216. The van der Waals surface area contributed by atoms with E-state index in [4.69, 9.17) is 5.11 Å². The monoisotopic (exact) mass is 344 g/mol. The molecule has 1 aromatic carbocycles. The van der Waals surface area contributed by atoms with Gasteiger partial charge in [-0.15, -0.1) is 0 Å². The lowest BCUT2D eigenvalue weighted by Gasteiger charge is -2.21. The molecule has 24 heavy (non-hydrogen) atoms. The molecule has 1 fully saturated rings. The molecule has 0 bridgehead atoms. The van der Waals surface area contributed by atoms with Crippen LogP contribution in [-0.4, -0.2) is 53.5 Å². The lowest BCUT2D eigenvalue weighted by molar-refractivity contribution is -0.137. The number of carbonyl (C=O) groups excluding carboxylic acids is 2. The molecule has 1 aliphatic heterocycles. The summed E-state index contributed by atoms with van der Waals surface area (Å²) in [6, 6.07) is 4.82. The van der Waals surface area contributed by atoms with Crippen molar-refractivity contribution in [1.82, 2.24) is 9.80 Å². The van der Waals surface area contributed by atoms with E-state index in [1.807, 2.05) is 0 Å². The number of benzene rings is 1. The van der Waals surface area contributed by atoms with Gasteiger partial charge in [0, 0.05) is 33.1 Å². The number of likely N-dealkylation sites (tertiary alicyclic amines) is 1. The molecule has 0 spiro atoms. The fraction of sp³-hybridized carbons (Fsp3) is 0.500. The van der Waals surface area contributed by atoms with E-state index in [-0.39, 0.29) is 44.5 Å². The van der Waals surface area contributed by atoms with Gasteiger partial charge < -0.3 is 14.9 Å². The average Bonchev–Trinajstić information content (AvgIpc) is 2.87. The molecule has 1 atom stereocenters. The van der Waals surface area contributed by atoms with E-state index < -0.39 is 17.7 Å². The van der Waals surface area contributed by atoms with Gasteiger partial charge >= 0.3 is 6.18 Å². The summed E-state index contributed by atoms with van der Waals surface area (Å²) in [5.41, 5.74) is -0.392. The van der Waals surface area contributed by atoms with Crippen molar-refractivity contribution in [1.29, 1.82) is 0 Å². The summed E-state index contributed by atoms with van der Waals surface area (Å²) in [7, 11) is 1.54. The van der Waals surface area contributed by atoms with Crippen LogP contribution in [0.4, 0.5) is 13.2 Å². The predicted molar refractivity (Wildman–Crippen MR) is 79.7 cm³/mol. The first-order valence-corrected chi connectivity index (χ1v) is 7.52. The largest absolute Gasteiger partial charge is 0.416 e. The summed E-state index contributed by atoms with van der Waals surface area (Å²) in [5.74, 6) is -1.04. The molecule has 0 aromatic heterocycles. The van der Waals surface area contributed by atoms with Crippen LogP contribution in [0.3, 0.4) is 0 Å². The molecule has 8 heteroatoms. The quantitative estimate of drug-likeness (QED) is 0.881. The zero-order valence-corrected chi connectivity index (χ0v) is 13.2. The minimum atomic E-state index is -4.43. The van der Waals surface area contributed by atoms with Gasteiger partial charge in [0.25, 0.3) is 0 Å². The van der Waals surface area contributed by atoms with Crippen LogP contribution in [0.15, 0.2) is 24.3 Å². The lowest BCUT2D eigenvalue weighted by Crippen LogP contribution is -2.36. The third-order valence-corrected chi connectivity index (χ3v) is 4.00. The van der Waals surface area contributed by atoms with Gasteiger partial charge in [-0.05, 0) is 17.7 Å². The third kappa shape index (κ3) is 4.25. The molecule has 1 aromatic rings. The summed E-state index contributed by atoms with van der Waals surface area (Å²) >= 11 is 0. The van der Waals surface area contributed by atoms with Crippen molar-refractivity contribution in [3.05, 3.63) is 35.4 Å². The number of alkyl halides is 3. The van der Waals surface area contributed by atoms with E-state index in [1.54, 1.807) is 7.05 Å². The van der Waals surface area contributed by atoms with Crippen molar-refractivity contribution < 1.29 is 27.9 Å². The summed E-state index contributed by atoms with van der Waals surface area (Å²) in [5, 5.41) is 8.86. The highest BCUT2D eigenvalue weighted by Crippen LogP contribution is 2.30. The molecule has 2 amide bonds. The Kier molecular flexibility index (Phi) is 5.48. The number of rotatable bonds is 5. The molecule has 1 unspecified atom stereocenters. The van der Waals surface area contributed by atoms with Crippen LogP contribution in [0.2, 0.25) is 0 Å². The number of likely N-dealkylation sites (N-methyl/N-ethyl adjacent to an activating group) is 1. The van der Waals surface area contributed by atoms with Gasteiger partial charge in [0.15, 0.2) is 0 Å². The molecular formula is C16H19F3N2O3. The van der Waals surface area contributed by atoms with E-state index >= 15 is 0 Å². The Morgan fingerprint density at radius 1 is 1.42 bits per heavy atom. The van der Waals surface area contributed by atoms with Crippen LogP contribution < -0.4 is 0 Å². The molecule has 132 valence electrons. The molecule has 0 radical (unpaired) electrons. The number of aliphatic hydroxyl groups excluding tert-OH is 1. The zero-order valence-electron chi connectivity index (χ0n) is 13.2. The number of amides is 2. The maximum absolute atomic E-state index is 12.7. The normalized spacial score (nSPS) is 18.1. The van der Waals surface area contributed by atoms with E-state index in [0.717, 1.165) is 12.1 Å². The van der Waals surface area contributed by atoms with Crippen LogP contribution in [0.1, 0.15) is 17.5 Å². The number of carbonyl (C=O) groups is 2. The number of hydrogen-bond donors (Lipinski definition) is 1. The van der Waals surface area contributed by atoms with E-state index in [0.29, 0.717) is 5.56 Å². The second-order valence-electron chi connectivity index (χ2n) is 5.86. The summed E-state index contributed by atoms with van der Waals surface area (Å²) in [6.07, 6.45) is -4.40. The summed E-state index contributed by atoms with van der Waals surface area (Å²) < 4.78 is 38.2. The van der Waals surface area contributed by atoms with Crippen LogP contribution in [0.5, 0.6) is 0 Å². The highest BCUT2D eigenvalue weighted by molar-refractivity contribution is 5.89. The highest BCUT2D eigenvalue weighted by atomic mass is 19.4. The fourth-order valence-corrected chi connectivity index (χ4v) is 2.73. The number of halogens is 3. The minimum absolute atomic E-state index is 0.0353. The Hall–Kier alpha value is -2.09. The van der Waals surface area contributed by atoms with Crippen molar-refractivity contribution in [2.75, 3.05) is 26.7 Å². The standard InChI is InChI=1S/C16H19F3N2O3/c1-20(5-6-22)15(24)12-8-14(23)21(10-12)9-11-3-2-4-13(7-11)16(17,18)19/h2-4,7,12,22H,5-6,8-10H2,1H3. The van der Waals surface area contributed by atoms with Gasteiger partial charge in [0.05, 0.1) is 18.1 Å². The van der Waals surface area contributed by atoms with E-state index in [9.17, 15) is 22.8 Å². The third-order valence-electron chi connectivity index (χ3n) is 4.00. The van der Waals surface area contributed by atoms with Crippen LogP contribution in [0, 0.1) is 5.92 Å². The van der Waals surface area contributed by atoms with Crippen LogP contribution in [0.25, 0.3) is 0 Å². The van der Waals surface area contributed by atoms with Crippen molar-refractivity contribution in [2.24, 2.45) is 5.92 Å². The van der Waals surface area contributed by atoms with Gasteiger partial charge in [0.2, 0.25) is 11.8 Å². The zero-order chi connectivity index (χ0) is 17.9. The Morgan fingerprint density at radius 3 is 2.75 bits per heavy atom. The summed E-state index contributed by atoms with van der Waals surface area (Å²) in [4.78, 5) is 26.9. The molecule has 1 N–H and O–H groups in total. The maximum atomic E-state index is 12.7. The lowest BCUT2D eigenvalue weighted by atomic mass is 10.1. The van der Waals surface area contributed by atoms with E-state index in [1.165, 1.54) is 21.9 Å². The highest BCUT2D eigenvalue weighted by Gasteiger charge is 2.36. The fourth-order valence-electron chi connectivity index (χ4n) is 2.73. The Balaban J connectivity index is 2.04. The molecular weight excluding hydrogens is 325 g/mol. The van der Waals surface area contributed by atoms with Gasteiger partial charge in [-0.3, -0.25) is 9.59 Å². The average molecular weight is 344 g/mol. The Morgan fingerprint density at radius 2 is 2.12 bits per heavy atom. The molecule has 1 aliphatic rings. The van der Waals surface area contributed by atoms with Crippen molar-refractivity contribution in [2.45, 2.75) is 19.1 Å². The minimum Gasteiger partial charge on any atom is -0.395 e. The Bertz CT molecular complexity index is 619. The number of hydrogen-bond acceptors (Lipinski definition) is 3. The second-order valence-corrected chi connectivity index (χ2v) is 5.86. The number of aliphatic hydroxyl groups is 1. The first-order valence-electron chi connectivity index (χ1n) is 7.52. The molecule has 0 aliphatic carbocycles. The SMILES string of the molecule is CN(CCO)C(=O)C1CC(=O)N(Cc2cccc(C(F)(F)F)c2)C1. The molecule has 2 rings (SSSR count). The molecule has 1 heterocycles. The smallest absolute Gasteiger partial charge is 0.395 e. The van der Waals surface area contributed by atoms with Crippen molar-refractivity contribution in [3.63, 3.8) is 0 Å².